The SMILES string of the molecule is CCN[C@H](C)CNC(=O)C(C)N1C(=O)c2ccc(C)cc2C1=O. The van der Waals surface area contributed by atoms with Crippen LogP contribution < -0.4 is 10.6 Å². The number of carbonyl (C=O) groups is 3. The molecule has 2 rings (SSSR count). The van der Waals surface area contributed by atoms with E-state index in [0.29, 0.717) is 17.7 Å². The third-order valence-electron chi connectivity index (χ3n) is 3.98. The number of nitrogens with zero attached hydrogens (tertiary/aromatic N) is 1. The van der Waals surface area contributed by atoms with Gasteiger partial charge in [-0.05, 0) is 39.4 Å². The van der Waals surface area contributed by atoms with E-state index < -0.39 is 17.9 Å². The van der Waals surface area contributed by atoms with Gasteiger partial charge in [-0.1, -0.05) is 18.6 Å². The number of imide groups is 1. The Kier molecular flexibility index (Phi) is 5.15. The second-order valence-electron chi connectivity index (χ2n) is 5.91. The van der Waals surface area contributed by atoms with E-state index in [4.69, 9.17) is 0 Å². The van der Waals surface area contributed by atoms with Crippen LogP contribution in [0.4, 0.5) is 0 Å². The number of fused-ring (bicyclic) bond motifs is 1. The lowest BCUT2D eigenvalue weighted by atomic mass is 10.1. The zero-order valence-corrected chi connectivity index (χ0v) is 14.0. The van der Waals surface area contributed by atoms with Gasteiger partial charge in [0.2, 0.25) is 5.91 Å². The first kappa shape index (κ1) is 17.1. The molecule has 0 radical (unpaired) electrons. The summed E-state index contributed by atoms with van der Waals surface area (Å²) in [6.45, 7) is 8.63. The lowest BCUT2D eigenvalue weighted by Crippen LogP contribution is -2.50. The van der Waals surface area contributed by atoms with Crippen LogP contribution in [0, 0.1) is 6.92 Å². The topological polar surface area (TPSA) is 78.5 Å². The highest BCUT2D eigenvalue weighted by molar-refractivity contribution is 6.22. The first-order chi connectivity index (χ1) is 10.9. The molecule has 2 atom stereocenters. The fraction of sp³-hybridized carbons (Fsp3) is 0.471. The number of carbonyl (C=O) groups excluding carboxylic acids is 3. The number of rotatable bonds is 6. The summed E-state index contributed by atoms with van der Waals surface area (Å²) in [7, 11) is 0. The number of aryl methyl sites for hydroxylation is 1. The van der Waals surface area contributed by atoms with Gasteiger partial charge in [-0.2, -0.15) is 0 Å². The molecule has 124 valence electrons. The van der Waals surface area contributed by atoms with Crippen molar-refractivity contribution in [3.63, 3.8) is 0 Å². The van der Waals surface area contributed by atoms with E-state index in [1.807, 2.05) is 20.8 Å². The Morgan fingerprint density at radius 3 is 2.48 bits per heavy atom. The fourth-order valence-electron chi connectivity index (χ4n) is 2.66. The Labute approximate surface area is 136 Å². The molecule has 0 aliphatic carbocycles. The Balaban J connectivity index is 2.09. The van der Waals surface area contributed by atoms with E-state index >= 15 is 0 Å². The molecule has 0 saturated heterocycles. The summed E-state index contributed by atoms with van der Waals surface area (Å²) in [5.74, 6) is -1.15. The summed E-state index contributed by atoms with van der Waals surface area (Å²) in [5, 5.41) is 5.96. The predicted molar refractivity (Wildman–Crippen MR) is 87.3 cm³/mol. The van der Waals surface area contributed by atoms with Gasteiger partial charge in [0.1, 0.15) is 6.04 Å². The third kappa shape index (κ3) is 3.42. The molecule has 1 aromatic carbocycles. The molecule has 0 fully saturated rings. The highest BCUT2D eigenvalue weighted by Crippen LogP contribution is 2.25. The van der Waals surface area contributed by atoms with Crippen LogP contribution in [0.5, 0.6) is 0 Å². The number of nitrogens with one attached hydrogen (secondary N) is 2. The maximum atomic E-state index is 12.5. The van der Waals surface area contributed by atoms with E-state index in [-0.39, 0.29) is 11.9 Å². The van der Waals surface area contributed by atoms with Crippen LogP contribution in [0.25, 0.3) is 0 Å². The molecule has 1 aliphatic heterocycles. The molecule has 2 N–H and O–H groups in total. The monoisotopic (exact) mass is 317 g/mol. The van der Waals surface area contributed by atoms with Gasteiger partial charge in [-0.15, -0.1) is 0 Å². The van der Waals surface area contributed by atoms with Gasteiger partial charge in [-0.25, -0.2) is 0 Å². The lowest BCUT2D eigenvalue weighted by molar-refractivity contribution is -0.124. The van der Waals surface area contributed by atoms with Gasteiger partial charge < -0.3 is 10.6 Å². The number of hydrogen-bond donors (Lipinski definition) is 2. The average Bonchev–Trinajstić information content (AvgIpc) is 2.75. The van der Waals surface area contributed by atoms with Crippen molar-refractivity contribution in [2.24, 2.45) is 0 Å². The summed E-state index contributed by atoms with van der Waals surface area (Å²) in [4.78, 5) is 38.2. The molecule has 23 heavy (non-hydrogen) atoms. The van der Waals surface area contributed by atoms with Crippen LogP contribution >= 0.6 is 0 Å². The van der Waals surface area contributed by atoms with E-state index in [0.717, 1.165) is 17.0 Å². The molecule has 1 aliphatic rings. The Morgan fingerprint density at radius 2 is 1.83 bits per heavy atom. The molecular weight excluding hydrogens is 294 g/mol. The summed E-state index contributed by atoms with van der Waals surface area (Å²) >= 11 is 0. The highest BCUT2D eigenvalue weighted by Gasteiger charge is 2.40. The van der Waals surface area contributed by atoms with Crippen molar-refractivity contribution in [1.82, 2.24) is 15.5 Å². The summed E-state index contributed by atoms with van der Waals surface area (Å²) < 4.78 is 0. The minimum atomic E-state index is -0.837. The summed E-state index contributed by atoms with van der Waals surface area (Å²) in [5.41, 5.74) is 1.64. The lowest BCUT2D eigenvalue weighted by Gasteiger charge is -2.22. The van der Waals surface area contributed by atoms with Crippen molar-refractivity contribution < 1.29 is 14.4 Å². The molecule has 3 amide bonds. The van der Waals surface area contributed by atoms with Gasteiger partial charge in [-0.3, -0.25) is 19.3 Å². The second-order valence-corrected chi connectivity index (χ2v) is 5.91. The van der Waals surface area contributed by atoms with Crippen molar-refractivity contribution in [2.45, 2.75) is 39.8 Å². The first-order valence-corrected chi connectivity index (χ1v) is 7.86. The molecule has 1 unspecified atom stereocenters. The zero-order valence-electron chi connectivity index (χ0n) is 14.0. The van der Waals surface area contributed by atoms with Crippen LogP contribution in [0.2, 0.25) is 0 Å². The van der Waals surface area contributed by atoms with Crippen molar-refractivity contribution in [2.75, 3.05) is 13.1 Å². The molecular formula is C17H23N3O3. The molecule has 0 spiro atoms. The van der Waals surface area contributed by atoms with Crippen LogP contribution in [0.1, 0.15) is 47.1 Å². The summed E-state index contributed by atoms with van der Waals surface area (Å²) in [6.07, 6.45) is 0. The summed E-state index contributed by atoms with van der Waals surface area (Å²) in [6, 6.07) is 4.41. The number of benzene rings is 1. The standard InChI is InChI=1S/C17H23N3O3/c1-5-18-11(3)9-19-15(21)12(4)20-16(22)13-7-6-10(2)8-14(13)17(20)23/h6-8,11-12,18H,5,9H2,1-4H3,(H,19,21)/t11-,12?/m1/s1. The van der Waals surface area contributed by atoms with Crippen molar-refractivity contribution in [1.29, 1.82) is 0 Å². The second kappa shape index (κ2) is 6.91. The minimum Gasteiger partial charge on any atom is -0.353 e. The van der Waals surface area contributed by atoms with E-state index in [9.17, 15) is 14.4 Å². The Bertz CT molecular complexity index is 642. The molecule has 1 heterocycles. The van der Waals surface area contributed by atoms with Crippen molar-refractivity contribution in [3.05, 3.63) is 34.9 Å². The predicted octanol–water partition coefficient (Wildman–Crippen LogP) is 1.09. The van der Waals surface area contributed by atoms with Gasteiger partial charge in [0.15, 0.2) is 0 Å². The van der Waals surface area contributed by atoms with Gasteiger partial charge in [0.05, 0.1) is 11.1 Å². The van der Waals surface area contributed by atoms with Gasteiger partial charge in [0, 0.05) is 12.6 Å². The van der Waals surface area contributed by atoms with Gasteiger partial charge in [0.25, 0.3) is 11.8 Å². The largest absolute Gasteiger partial charge is 0.353 e. The number of likely N-dealkylation sites (N-methyl/N-ethyl adjacent to an activating group) is 1. The van der Waals surface area contributed by atoms with Crippen LogP contribution in [-0.4, -0.2) is 47.8 Å². The average molecular weight is 317 g/mol. The van der Waals surface area contributed by atoms with Crippen LogP contribution in [0.15, 0.2) is 18.2 Å². The molecule has 6 heteroatoms. The smallest absolute Gasteiger partial charge is 0.262 e. The highest BCUT2D eigenvalue weighted by atomic mass is 16.2. The molecule has 0 aromatic heterocycles. The quantitative estimate of drug-likeness (QED) is 0.770. The van der Waals surface area contributed by atoms with Gasteiger partial charge >= 0.3 is 0 Å². The van der Waals surface area contributed by atoms with E-state index in [2.05, 4.69) is 10.6 Å². The zero-order chi connectivity index (χ0) is 17.1. The van der Waals surface area contributed by atoms with Crippen LogP contribution in [0.3, 0.4) is 0 Å². The number of amides is 3. The van der Waals surface area contributed by atoms with E-state index in [1.54, 1.807) is 25.1 Å². The van der Waals surface area contributed by atoms with E-state index in [1.165, 1.54) is 0 Å². The Morgan fingerprint density at radius 1 is 1.17 bits per heavy atom. The maximum absolute atomic E-state index is 12.5. The molecule has 1 aromatic rings. The minimum absolute atomic E-state index is 0.126. The third-order valence-corrected chi connectivity index (χ3v) is 3.98. The molecule has 0 bridgehead atoms. The van der Waals surface area contributed by atoms with Crippen LogP contribution in [-0.2, 0) is 4.79 Å². The maximum Gasteiger partial charge on any atom is 0.262 e. The first-order valence-electron chi connectivity index (χ1n) is 7.86. The van der Waals surface area contributed by atoms with Crippen molar-refractivity contribution in [3.8, 4) is 0 Å². The molecule has 6 nitrogen and oxygen atoms in total. The molecule has 0 saturated carbocycles. The van der Waals surface area contributed by atoms with Crippen molar-refractivity contribution >= 4 is 17.7 Å². The number of hydrogen-bond acceptors (Lipinski definition) is 4. The fourth-order valence-corrected chi connectivity index (χ4v) is 2.66. The Hall–Kier alpha value is -2.21. The normalized spacial score (nSPS) is 16.3.